The highest BCUT2D eigenvalue weighted by Gasteiger charge is 2.69. The number of ketones is 1. The van der Waals surface area contributed by atoms with Crippen LogP contribution in [0.2, 0.25) is 0 Å². The summed E-state index contributed by atoms with van der Waals surface area (Å²) in [7, 11) is 0. The first-order chi connectivity index (χ1) is 13.8. The molecular weight excluding hydrogens is 409 g/mol. The highest BCUT2D eigenvalue weighted by atomic mass is 35.5. The molecule has 1 atom stereocenters. The average molecular weight is 430 g/mol. The minimum absolute atomic E-state index is 0.250. The Labute approximate surface area is 179 Å². The van der Waals surface area contributed by atoms with Crippen molar-refractivity contribution in [1.82, 2.24) is 4.57 Å². The number of rotatable bonds is 6. The van der Waals surface area contributed by atoms with E-state index in [0.29, 0.717) is 18.5 Å². The number of fused-ring (bicyclic) bond motifs is 1. The first-order valence-electron chi connectivity index (χ1n) is 9.55. The number of benzene rings is 2. The minimum Gasteiger partial charge on any atom is -0.457 e. The molecule has 4 rings (SSSR count). The van der Waals surface area contributed by atoms with Gasteiger partial charge in [0.05, 0.1) is 11.3 Å². The van der Waals surface area contributed by atoms with Gasteiger partial charge in [-0.1, -0.05) is 48.5 Å². The molecule has 4 nitrogen and oxygen atoms in total. The predicted molar refractivity (Wildman–Crippen MR) is 115 cm³/mol. The Bertz CT molecular complexity index is 1100. The topological polar surface area (TPSA) is 48.3 Å². The van der Waals surface area contributed by atoms with Crippen LogP contribution in [0.15, 0.2) is 54.6 Å². The third-order valence-corrected chi connectivity index (χ3v) is 6.76. The lowest BCUT2D eigenvalue weighted by Crippen LogP contribution is -2.24. The van der Waals surface area contributed by atoms with Gasteiger partial charge < -0.3 is 9.30 Å². The fourth-order valence-corrected chi connectivity index (χ4v) is 4.48. The number of hydrogen-bond acceptors (Lipinski definition) is 3. The molecule has 0 amide bonds. The summed E-state index contributed by atoms with van der Waals surface area (Å²) in [6.07, 6.45) is 0.320. The van der Waals surface area contributed by atoms with Crippen molar-refractivity contribution in [3.8, 4) is 11.3 Å². The van der Waals surface area contributed by atoms with E-state index in [1.54, 1.807) is 6.92 Å². The number of nitrogens with zero attached hydrogens (tertiary/aromatic N) is 1. The quantitative estimate of drug-likeness (QED) is 0.289. The van der Waals surface area contributed by atoms with Crippen LogP contribution >= 0.6 is 23.2 Å². The van der Waals surface area contributed by atoms with Gasteiger partial charge in [-0.05, 0) is 25.5 Å². The molecule has 1 aliphatic carbocycles. The summed E-state index contributed by atoms with van der Waals surface area (Å²) in [6, 6.07) is 17.5. The molecule has 1 saturated carbocycles. The molecule has 0 radical (unpaired) electrons. The monoisotopic (exact) mass is 429 g/mol. The summed E-state index contributed by atoms with van der Waals surface area (Å²) >= 11 is 12.1. The van der Waals surface area contributed by atoms with Gasteiger partial charge in [-0.2, -0.15) is 0 Å². The third-order valence-electron chi connectivity index (χ3n) is 5.66. The first-order valence-corrected chi connectivity index (χ1v) is 10.3. The second-order valence-electron chi connectivity index (χ2n) is 7.56. The van der Waals surface area contributed by atoms with E-state index in [1.165, 1.54) is 0 Å². The number of carbonyl (C=O) groups excluding carboxylic acids is 2. The van der Waals surface area contributed by atoms with Crippen molar-refractivity contribution in [3.63, 3.8) is 0 Å². The van der Waals surface area contributed by atoms with Crippen LogP contribution in [0.25, 0.3) is 22.2 Å². The molecule has 3 aromatic rings. The normalized spacial score (nSPS) is 19.9. The number of ether oxygens (including phenoxy) is 1. The third kappa shape index (κ3) is 3.24. The average Bonchev–Trinajstić information content (AvgIpc) is 3.09. The second kappa shape index (κ2) is 7.19. The molecule has 0 spiro atoms. The molecule has 0 saturated heterocycles. The fourth-order valence-electron chi connectivity index (χ4n) is 3.79. The zero-order valence-electron chi connectivity index (χ0n) is 16.2. The molecule has 1 aromatic heterocycles. The molecule has 0 aliphatic heterocycles. The van der Waals surface area contributed by atoms with Crippen LogP contribution in [0, 0.1) is 5.41 Å². The zero-order valence-corrected chi connectivity index (χ0v) is 17.8. The van der Waals surface area contributed by atoms with Gasteiger partial charge in [0.15, 0.2) is 6.61 Å². The maximum absolute atomic E-state index is 13.2. The van der Waals surface area contributed by atoms with Crippen molar-refractivity contribution in [2.75, 3.05) is 6.61 Å². The molecule has 1 aliphatic rings. The Morgan fingerprint density at radius 3 is 2.31 bits per heavy atom. The Morgan fingerprint density at radius 2 is 1.69 bits per heavy atom. The van der Waals surface area contributed by atoms with E-state index in [2.05, 4.69) is 4.57 Å². The number of halogens is 2. The largest absolute Gasteiger partial charge is 0.457 e. The van der Waals surface area contributed by atoms with E-state index in [0.717, 1.165) is 22.2 Å². The molecule has 1 heterocycles. The number of Topliss-reactive ketones (excluding diaryl/α,β-unsaturated/α-hetero) is 1. The lowest BCUT2D eigenvalue weighted by atomic mass is 10.0. The molecule has 29 heavy (non-hydrogen) atoms. The van der Waals surface area contributed by atoms with Crippen LogP contribution in [0.5, 0.6) is 0 Å². The Morgan fingerprint density at radius 1 is 1.07 bits per heavy atom. The molecule has 150 valence electrons. The summed E-state index contributed by atoms with van der Waals surface area (Å²) in [5.74, 6) is -0.795. The summed E-state index contributed by atoms with van der Waals surface area (Å²) in [4.78, 5) is 25.6. The lowest BCUT2D eigenvalue weighted by molar-refractivity contribution is -0.148. The molecule has 6 heteroatoms. The van der Waals surface area contributed by atoms with Gasteiger partial charge in [0.25, 0.3) is 0 Å². The maximum atomic E-state index is 13.2. The number of hydrogen-bond donors (Lipinski definition) is 0. The van der Waals surface area contributed by atoms with Gasteiger partial charge in [-0.15, -0.1) is 23.2 Å². The highest BCUT2D eigenvalue weighted by molar-refractivity contribution is 6.53. The van der Waals surface area contributed by atoms with Gasteiger partial charge in [0, 0.05) is 23.9 Å². The molecule has 2 aromatic carbocycles. The fraction of sp³-hybridized carbons (Fsp3) is 0.304. The van der Waals surface area contributed by atoms with Crippen molar-refractivity contribution in [2.45, 2.75) is 31.1 Å². The number of alkyl halides is 2. The maximum Gasteiger partial charge on any atom is 0.315 e. The van der Waals surface area contributed by atoms with Crippen LogP contribution in [0.1, 0.15) is 30.6 Å². The predicted octanol–water partition coefficient (Wildman–Crippen LogP) is 5.64. The van der Waals surface area contributed by atoms with Crippen molar-refractivity contribution in [2.24, 2.45) is 5.41 Å². The number of aromatic nitrogens is 1. The Balaban J connectivity index is 1.73. The highest BCUT2D eigenvalue weighted by Crippen LogP contribution is 2.64. The van der Waals surface area contributed by atoms with Crippen molar-refractivity contribution < 1.29 is 14.3 Å². The summed E-state index contributed by atoms with van der Waals surface area (Å²) in [6.45, 7) is 4.05. The van der Waals surface area contributed by atoms with E-state index in [4.69, 9.17) is 27.9 Å². The van der Waals surface area contributed by atoms with Gasteiger partial charge >= 0.3 is 5.97 Å². The van der Waals surface area contributed by atoms with Crippen LogP contribution in [-0.4, -0.2) is 27.3 Å². The number of para-hydroxylation sites is 1. The SMILES string of the molecule is CCn1c(-c2ccccc2)c(C(=O)COC(=O)[C@@]2(C)CC2(Cl)Cl)c2ccccc21. The molecule has 0 bridgehead atoms. The van der Waals surface area contributed by atoms with Crippen molar-refractivity contribution in [1.29, 1.82) is 0 Å². The van der Waals surface area contributed by atoms with E-state index in [1.807, 2.05) is 61.5 Å². The zero-order chi connectivity index (χ0) is 20.8. The van der Waals surface area contributed by atoms with Gasteiger partial charge in [-0.25, -0.2) is 0 Å². The van der Waals surface area contributed by atoms with E-state index < -0.39 is 15.7 Å². The Hall–Kier alpha value is -2.30. The van der Waals surface area contributed by atoms with Gasteiger partial charge in [-0.3, -0.25) is 9.59 Å². The van der Waals surface area contributed by atoms with Crippen molar-refractivity contribution >= 4 is 45.9 Å². The number of aryl methyl sites for hydroxylation is 1. The standard InChI is InChI=1S/C23H21Cl2NO3/c1-3-26-17-12-8-7-11-16(17)19(20(26)15-9-5-4-6-10-15)18(27)13-29-21(28)22(2)14-23(22,24)25/h4-12H,3,13-14H2,1-2H3/t22-/m1/s1. The van der Waals surface area contributed by atoms with E-state index in [-0.39, 0.29) is 12.4 Å². The smallest absolute Gasteiger partial charge is 0.315 e. The van der Waals surface area contributed by atoms with Gasteiger partial charge in [0.2, 0.25) is 5.78 Å². The first kappa shape index (κ1) is 20.0. The Kier molecular flexibility index (Phi) is 4.96. The number of esters is 1. The summed E-state index contributed by atoms with van der Waals surface area (Å²) in [5.41, 5.74) is 2.34. The summed E-state index contributed by atoms with van der Waals surface area (Å²) < 4.78 is 6.33. The van der Waals surface area contributed by atoms with E-state index in [9.17, 15) is 9.59 Å². The summed E-state index contributed by atoms with van der Waals surface area (Å²) in [5, 5.41) is 0.843. The minimum atomic E-state index is -1.12. The van der Waals surface area contributed by atoms with Crippen molar-refractivity contribution in [3.05, 3.63) is 60.2 Å². The van der Waals surface area contributed by atoms with Crippen LogP contribution in [0.4, 0.5) is 0 Å². The van der Waals surface area contributed by atoms with Gasteiger partial charge in [0.1, 0.15) is 9.75 Å². The molecule has 0 N–H and O–H groups in total. The van der Waals surface area contributed by atoms with Crippen LogP contribution in [-0.2, 0) is 16.1 Å². The lowest BCUT2D eigenvalue weighted by Gasteiger charge is -2.13. The molecule has 1 fully saturated rings. The number of carbonyl (C=O) groups is 2. The van der Waals surface area contributed by atoms with Crippen LogP contribution in [0.3, 0.4) is 0 Å². The second-order valence-corrected chi connectivity index (χ2v) is 9.05. The molecule has 0 unspecified atom stereocenters. The molecular formula is C23H21Cl2NO3. The van der Waals surface area contributed by atoms with E-state index >= 15 is 0 Å². The van der Waals surface area contributed by atoms with Crippen LogP contribution < -0.4 is 0 Å².